The second kappa shape index (κ2) is 2.90. The monoisotopic (exact) mass is 158 g/mol. The van der Waals surface area contributed by atoms with E-state index in [1.165, 1.54) is 12.3 Å². The molecular formula is C7H7ClO2. The van der Waals surface area contributed by atoms with Crippen molar-refractivity contribution < 1.29 is 9.52 Å². The van der Waals surface area contributed by atoms with Crippen molar-refractivity contribution in [2.75, 3.05) is 0 Å². The Morgan fingerprint density at radius 2 is 2.50 bits per heavy atom. The third kappa shape index (κ3) is 1.23. The number of furan rings is 1. The van der Waals surface area contributed by atoms with E-state index in [2.05, 4.69) is 6.58 Å². The molecule has 0 aliphatic heterocycles. The zero-order chi connectivity index (χ0) is 7.56. The van der Waals surface area contributed by atoms with Gasteiger partial charge >= 0.3 is 0 Å². The molecule has 10 heavy (non-hydrogen) atoms. The zero-order valence-electron chi connectivity index (χ0n) is 5.25. The van der Waals surface area contributed by atoms with Crippen molar-refractivity contribution >= 4 is 11.6 Å². The highest BCUT2D eigenvalue weighted by molar-refractivity contribution is 6.29. The van der Waals surface area contributed by atoms with Gasteiger partial charge in [0.15, 0.2) is 5.22 Å². The van der Waals surface area contributed by atoms with Gasteiger partial charge < -0.3 is 9.52 Å². The van der Waals surface area contributed by atoms with Gasteiger partial charge in [0.25, 0.3) is 0 Å². The molecule has 0 saturated carbocycles. The standard InChI is InChI=1S/C7H7ClO2/c1-2-6(9)5-3-4-10-7(5)8/h2-4,6,9H,1H2. The highest BCUT2D eigenvalue weighted by Crippen LogP contribution is 2.23. The summed E-state index contributed by atoms with van der Waals surface area (Å²) in [5, 5.41) is 9.35. The van der Waals surface area contributed by atoms with Crippen LogP contribution in [0.25, 0.3) is 0 Å². The molecular weight excluding hydrogens is 152 g/mol. The SMILES string of the molecule is C=CC(O)c1ccoc1Cl. The third-order valence-corrected chi connectivity index (χ3v) is 1.50. The summed E-state index contributed by atoms with van der Waals surface area (Å²) in [7, 11) is 0. The first-order valence-electron chi connectivity index (χ1n) is 2.79. The molecule has 3 heteroatoms. The van der Waals surface area contributed by atoms with Crippen molar-refractivity contribution in [2.24, 2.45) is 0 Å². The van der Waals surface area contributed by atoms with Gasteiger partial charge in [-0.1, -0.05) is 6.08 Å². The maximum atomic E-state index is 9.14. The molecule has 0 aliphatic rings. The molecule has 0 aliphatic carbocycles. The van der Waals surface area contributed by atoms with Crippen LogP contribution in [0.1, 0.15) is 11.7 Å². The Morgan fingerprint density at radius 1 is 1.80 bits per heavy atom. The molecule has 0 spiro atoms. The predicted molar refractivity (Wildman–Crippen MR) is 38.9 cm³/mol. The Morgan fingerprint density at radius 3 is 2.90 bits per heavy atom. The lowest BCUT2D eigenvalue weighted by atomic mass is 10.2. The van der Waals surface area contributed by atoms with Gasteiger partial charge in [-0.2, -0.15) is 0 Å². The van der Waals surface area contributed by atoms with Gasteiger partial charge in [0, 0.05) is 5.56 Å². The second-order valence-corrected chi connectivity index (χ2v) is 2.17. The van der Waals surface area contributed by atoms with Crippen molar-refractivity contribution in [1.29, 1.82) is 0 Å². The van der Waals surface area contributed by atoms with Crippen LogP contribution in [0, 0.1) is 0 Å². The average molecular weight is 159 g/mol. The first kappa shape index (κ1) is 7.38. The van der Waals surface area contributed by atoms with E-state index in [0.717, 1.165) is 0 Å². The Bertz CT molecular complexity index is 229. The van der Waals surface area contributed by atoms with E-state index in [1.807, 2.05) is 0 Å². The minimum absolute atomic E-state index is 0.215. The summed E-state index contributed by atoms with van der Waals surface area (Å²) >= 11 is 5.54. The maximum absolute atomic E-state index is 9.14. The average Bonchev–Trinajstić information content (AvgIpc) is 2.34. The van der Waals surface area contributed by atoms with E-state index in [-0.39, 0.29) is 5.22 Å². The number of hydrogen-bond acceptors (Lipinski definition) is 2. The van der Waals surface area contributed by atoms with Crippen LogP contribution < -0.4 is 0 Å². The third-order valence-electron chi connectivity index (χ3n) is 1.19. The Balaban J connectivity index is 2.92. The van der Waals surface area contributed by atoms with Crippen molar-refractivity contribution in [1.82, 2.24) is 0 Å². The molecule has 0 amide bonds. The van der Waals surface area contributed by atoms with Gasteiger partial charge in [0.05, 0.1) is 6.26 Å². The minimum Gasteiger partial charge on any atom is -0.453 e. The van der Waals surface area contributed by atoms with Gasteiger partial charge in [-0.05, 0) is 17.7 Å². The van der Waals surface area contributed by atoms with Crippen LogP contribution in [0.2, 0.25) is 5.22 Å². The second-order valence-electron chi connectivity index (χ2n) is 1.83. The quantitative estimate of drug-likeness (QED) is 0.670. The van der Waals surface area contributed by atoms with Crippen molar-refractivity contribution in [2.45, 2.75) is 6.10 Å². The number of hydrogen-bond donors (Lipinski definition) is 1. The van der Waals surface area contributed by atoms with Crippen molar-refractivity contribution in [3.8, 4) is 0 Å². The molecule has 0 fully saturated rings. The van der Waals surface area contributed by atoms with Gasteiger partial charge in [-0.15, -0.1) is 6.58 Å². The van der Waals surface area contributed by atoms with Crippen LogP contribution in [0.4, 0.5) is 0 Å². The molecule has 0 aromatic carbocycles. The number of aliphatic hydroxyl groups is 1. The van der Waals surface area contributed by atoms with E-state index >= 15 is 0 Å². The zero-order valence-corrected chi connectivity index (χ0v) is 6.01. The van der Waals surface area contributed by atoms with Crippen LogP contribution in [0.5, 0.6) is 0 Å². The van der Waals surface area contributed by atoms with E-state index < -0.39 is 6.10 Å². The topological polar surface area (TPSA) is 33.4 Å². The highest BCUT2D eigenvalue weighted by atomic mass is 35.5. The maximum Gasteiger partial charge on any atom is 0.199 e. The number of halogens is 1. The fraction of sp³-hybridized carbons (Fsp3) is 0.143. The summed E-state index contributed by atoms with van der Waals surface area (Å²) in [6, 6.07) is 1.61. The fourth-order valence-electron chi connectivity index (χ4n) is 0.642. The summed E-state index contributed by atoms with van der Waals surface area (Å²) < 4.78 is 4.75. The van der Waals surface area contributed by atoms with Gasteiger partial charge in [-0.3, -0.25) is 0 Å². The highest BCUT2D eigenvalue weighted by Gasteiger charge is 2.09. The molecule has 0 radical (unpaired) electrons. The van der Waals surface area contributed by atoms with Gasteiger partial charge in [-0.25, -0.2) is 0 Å². The lowest BCUT2D eigenvalue weighted by Gasteiger charge is -1.99. The largest absolute Gasteiger partial charge is 0.453 e. The molecule has 1 unspecified atom stereocenters. The van der Waals surface area contributed by atoms with E-state index in [9.17, 15) is 0 Å². The normalized spacial score (nSPS) is 13.0. The number of rotatable bonds is 2. The van der Waals surface area contributed by atoms with Crippen LogP contribution in [-0.2, 0) is 0 Å². The predicted octanol–water partition coefficient (Wildman–Crippen LogP) is 2.15. The Hall–Kier alpha value is -0.730. The summed E-state index contributed by atoms with van der Waals surface area (Å²) in [6.07, 6.45) is 2.08. The Labute approximate surface area is 63.7 Å². The molecule has 1 aromatic heterocycles. The fourth-order valence-corrected chi connectivity index (χ4v) is 0.869. The van der Waals surface area contributed by atoms with E-state index in [0.29, 0.717) is 5.56 Å². The first-order chi connectivity index (χ1) is 4.75. The molecule has 1 rings (SSSR count). The van der Waals surface area contributed by atoms with Gasteiger partial charge in [0.1, 0.15) is 6.10 Å². The van der Waals surface area contributed by atoms with Crippen LogP contribution >= 0.6 is 11.6 Å². The summed E-state index contributed by atoms with van der Waals surface area (Å²) in [4.78, 5) is 0. The molecule has 2 nitrogen and oxygen atoms in total. The first-order valence-corrected chi connectivity index (χ1v) is 3.17. The van der Waals surface area contributed by atoms with Crippen molar-refractivity contribution in [3.63, 3.8) is 0 Å². The van der Waals surface area contributed by atoms with Crippen LogP contribution in [0.15, 0.2) is 29.4 Å². The van der Waals surface area contributed by atoms with E-state index in [4.69, 9.17) is 21.1 Å². The summed E-state index contributed by atoms with van der Waals surface area (Å²) in [5.74, 6) is 0. The van der Waals surface area contributed by atoms with Crippen LogP contribution in [0.3, 0.4) is 0 Å². The molecule has 54 valence electrons. The van der Waals surface area contributed by atoms with Crippen LogP contribution in [-0.4, -0.2) is 5.11 Å². The van der Waals surface area contributed by atoms with E-state index in [1.54, 1.807) is 6.07 Å². The minimum atomic E-state index is -0.730. The number of aliphatic hydroxyl groups excluding tert-OH is 1. The smallest absolute Gasteiger partial charge is 0.199 e. The lowest BCUT2D eigenvalue weighted by molar-refractivity contribution is 0.228. The lowest BCUT2D eigenvalue weighted by Crippen LogP contribution is -1.89. The summed E-state index contributed by atoms with van der Waals surface area (Å²) in [6.45, 7) is 3.41. The molecule has 0 saturated heterocycles. The van der Waals surface area contributed by atoms with Gasteiger partial charge in [0.2, 0.25) is 0 Å². The molecule has 1 N–H and O–H groups in total. The van der Waals surface area contributed by atoms with Crippen molar-refractivity contribution in [3.05, 3.63) is 35.8 Å². The molecule has 0 bridgehead atoms. The molecule has 1 aromatic rings. The molecule has 1 heterocycles. The summed E-state index contributed by atoms with van der Waals surface area (Å²) in [5.41, 5.74) is 0.552. The Kier molecular flexibility index (Phi) is 2.14. The molecule has 1 atom stereocenters.